The fourth-order valence-corrected chi connectivity index (χ4v) is 1.87. The number of guanidine groups is 1. The Morgan fingerprint density at radius 1 is 1.29 bits per heavy atom. The monoisotopic (exact) mass is 450 g/mol. The average molecular weight is 450 g/mol. The maximum Gasteiger partial charge on any atom is 0.269 e. The molecule has 1 aromatic rings. The smallest absolute Gasteiger partial charge is 0.269 e. The lowest BCUT2D eigenvalue weighted by atomic mass is 10.2. The first-order valence-corrected chi connectivity index (χ1v) is 7.69. The summed E-state index contributed by atoms with van der Waals surface area (Å²) in [6, 6.07) is 6.57. The van der Waals surface area contributed by atoms with Crippen LogP contribution in [0.25, 0.3) is 0 Å². The summed E-state index contributed by atoms with van der Waals surface area (Å²) in [6.45, 7) is 8.11. The molecule has 24 heavy (non-hydrogen) atoms. The van der Waals surface area contributed by atoms with Crippen LogP contribution >= 0.6 is 24.0 Å². The lowest BCUT2D eigenvalue weighted by Gasteiger charge is -2.18. The number of nitro benzene ring substituents is 1. The second-order valence-electron chi connectivity index (χ2n) is 5.86. The number of nitrogens with one attached hydrogen (secondary N) is 2. The van der Waals surface area contributed by atoms with Crippen molar-refractivity contribution in [3.63, 3.8) is 0 Å². The minimum atomic E-state index is -0.406. The summed E-state index contributed by atoms with van der Waals surface area (Å²) in [6.07, 6.45) is 0. The number of aliphatic imine (C=N–C) groups is 1. The fraction of sp³-hybridized carbons (Fsp3) is 0.562. The molecule has 2 N–H and O–H groups in total. The van der Waals surface area contributed by atoms with Gasteiger partial charge in [-0.25, -0.2) is 4.99 Å². The summed E-state index contributed by atoms with van der Waals surface area (Å²) in [7, 11) is 1.66. The molecule has 7 nitrogen and oxygen atoms in total. The van der Waals surface area contributed by atoms with Crippen LogP contribution in [0.2, 0.25) is 0 Å². The number of benzene rings is 1. The lowest BCUT2D eigenvalue weighted by Crippen LogP contribution is -2.45. The maximum atomic E-state index is 10.7. The highest BCUT2D eigenvalue weighted by Gasteiger charge is 2.07. The number of hydrogen-bond donors (Lipinski definition) is 2. The van der Waals surface area contributed by atoms with E-state index in [0.717, 1.165) is 12.1 Å². The van der Waals surface area contributed by atoms with Crippen molar-refractivity contribution in [3.8, 4) is 0 Å². The zero-order chi connectivity index (χ0) is 17.2. The molecule has 0 aliphatic heterocycles. The number of halogens is 1. The summed E-state index contributed by atoms with van der Waals surface area (Å²) < 4.78 is 5.12. The van der Waals surface area contributed by atoms with E-state index in [1.54, 1.807) is 19.2 Å². The first kappa shape index (κ1) is 22.6. The molecule has 0 fully saturated rings. The van der Waals surface area contributed by atoms with Crippen molar-refractivity contribution in [2.75, 3.05) is 20.3 Å². The molecule has 0 amide bonds. The maximum absolute atomic E-state index is 10.7. The van der Waals surface area contributed by atoms with Gasteiger partial charge in [0.15, 0.2) is 5.96 Å². The van der Waals surface area contributed by atoms with Gasteiger partial charge in [-0.15, -0.1) is 24.0 Å². The summed E-state index contributed by atoms with van der Waals surface area (Å²) in [5.41, 5.74) is 1.00. The van der Waals surface area contributed by atoms with Crippen LogP contribution in [0.5, 0.6) is 0 Å². The molecular formula is C16H27IN4O3. The van der Waals surface area contributed by atoms with E-state index in [1.165, 1.54) is 12.1 Å². The second-order valence-corrected chi connectivity index (χ2v) is 5.86. The van der Waals surface area contributed by atoms with Crippen molar-refractivity contribution in [1.82, 2.24) is 10.6 Å². The van der Waals surface area contributed by atoms with Crippen molar-refractivity contribution in [1.29, 1.82) is 0 Å². The number of ether oxygens (including phenoxy) is 1. The second kappa shape index (κ2) is 12.0. The quantitative estimate of drug-likeness (QED) is 0.209. The molecule has 136 valence electrons. The van der Waals surface area contributed by atoms with Crippen LogP contribution in [-0.4, -0.2) is 37.2 Å². The number of nitro groups is 1. The Bertz CT molecular complexity index is 521. The van der Waals surface area contributed by atoms with Crippen molar-refractivity contribution < 1.29 is 9.66 Å². The van der Waals surface area contributed by atoms with Crippen molar-refractivity contribution in [2.24, 2.45) is 10.9 Å². The molecule has 8 heteroatoms. The van der Waals surface area contributed by atoms with Gasteiger partial charge in [0.25, 0.3) is 5.69 Å². The van der Waals surface area contributed by atoms with Gasteiger partial charge in [-0.05, 0) is 18.4 Å². The van der Waals surface area contributed by atoms with Gasteiger partial charge < -0.3 is 15.4 Å². The molecule has 0 aromatic heterocycles. The fourth-order valence-electron chi connectivity index (χ4n) is 1.87. The Labute approximate surface area is 160 Å². The minimum absolute atomic E-state index is 0. The van der Waals surface area contributed by atoms with Gasteiger partial charge in [-0.3, -0.25) is 10.1 Å². The highest BCUT2D eigenvalue weighted by Crippen LogP contribution is 2.12. The Morgan fingerprint density at radius 2 is 1.92 bits per heavy atom. The molecule has 0 aliphatic carbocycles. The summed E-state index contributed by atoms with van der Waals surface area (Å²) in [5, 5.41) is 17.2. The van der Waals surface area contributed by atoms with Crippen LogP contribution in [0.4, 0.5) is 5.69 Å². The molecule has 1 rings (SSSR count). The van der Waals surface area contributed by atoms with Gasteiger partial charge in [-0.2, -0.15) is 0 Å². The van der Waals surface area contributed by atoms with E-state index in [2.05, 4.69) is 29.5 Å². The van der Waals surface area contributed by atoms with E-state index in [-0.39, 0.29) is 35.7 Å². The lowest BCUT2D eigenvalue weighted by molar-refractivity contribution is -0.384. The standard InChI is InChI=1S/C16H26N4O3.HI/c1-12(2)9-17-16(19-13(3)11-23-4)18-10-14-5-7-15(8-6-14)20(21)22;/h5-8,12-13H,9-11H2,1-4H3,(H2,17,18,19);1H. The van der Waals surface area contributed by atoms with Gasteiger partial charge in [0.1, 0.15) is 0 Å². The Balaban J connectivity index is 0.00000529. The van der Waals surface area contributed by atoms with Crippen molar-refractivity contribution in [3.05, 3.63) is 39.9 Å². The zero-order valence-corrected chi connectivity index (χ0v) is 16.9. The van der Waals surface area contributed by atoms with E-state index in [0.29, 0.717) is 25.0 Å². The molecule has 1 unspecified atom stereocenters. The predicted molar refractivity (Wildman–Crippen MR) is 107 cm³/mol. The third-order valence-corrected chi connectivity index (χ3v) is 3.04. The largest absolute Gasteiger partial charge is 0.383 e. The first-order chi connectivity index (χ1) is 10.9. The number of non-ortho nitro benzene ring substituents is 1. The highest BCUT2D eigenvalue weighted by atomic mass is 127. The van der Waals surface area contributed by atoms with Gasteiger partial charge in [0.05, 0.1) is 18.1 Å². The van der Waals surface area contributed by atoms with E-state index < -0.39 is 4.92 Å². The number of methoxy groups -OCH3 is 1. The molecule has 0 aliphatic rings. The highest BCUT2D eigenvalue weighted by molar-refractivity contribution is 14.0. The van der Waals surface area contributed by atoms with Gasteiger partial charge >= 0.3 is 0 Å². The van der Waals surface area contributed by atoms with E-state index in [1.807, 2.05) is 6.92 Å². The molecule has 1 aromatic carbocycles. The summed E-state index contributed by atoms with van der Waals surface area (Å²) in [4.78, 5) is 14.8. The zero-order valence-electron chi connectivity index (χ0n) is 14.6. The summed E-state index contributed by atoms with van der Waals surface area (Å²) >= 11 is 0. The van der Waals surface area contributed by atoms with E-state index >= 15 is 0 Å². The molecule has 0 bridgehead atoms. The van der Waals surface area contributed by atoms with Crippen LogP contribution in [-0.2, 0) is 11.3 Å². The minimum Gasteiger partial charge on any atom is -0.383 e. The SMILES string of the molecule is COCC(C)NC(=NCc1ccc([N+](=O)[O-])cc1)NCC(C)C.I. The number of rotatable bonds is 8. The van der Waals surface area contributed by atoms with Gasteiger partial charge in [-0.1, -0.05) is 26.0 Å². The number of hydrogen-bond acceptors (Lipinski definition) is 4. The van der Waals surface area contributed by atoms with Gasteiger partial charge in [0.2, 0.25) is 0 Å². The summed E-state index contributed by atoms with van der Waals surface area (Å²) in [5.74, 6) is 1.21. The Hall–Kier alpha value is -1.42. The molecule has 0 radical (unpaired) electrons. The molecular weight excluding hydrogens is 423 g/mol. The van der Waals surface area contributed by atoms with Crippen LogP contribution in [0.15, 0.2) is 29.3 Å². The topological polar surface area (TPSA) is 88.8 Å². The number of nitrogens with zero attached hydrogens (tertiary/aromatic N) is 2. The molecule has 0 saturated carbocycles. The van der Waals surface area contributed by atoms with E-state index in [4.69, 9.17) is 4.74 Å². The first-order valence-electron chi connectivity index (χ1n) is 7.69. The van der Waals surface area contributed by atoms with Crippen LogP contribution in [0.3, 0.4) is 0 Å². The third-order valence-electron chi connectivity index (χ3n) is 3.04. The van der Waals surface area contributed by atoms with Crippen LogP contribution in [0.1, 0.15) is 26.3 Å². The molecule has 0 saturated heterocycles. The van der Waals surface area contributed by atoms with Gasteiger partial charge in [0, 0.05) is 31.8 Å². The van der Waals surface area contributed by atoms with Crippen LogP contribution < -0.4 is 10.6 Å². The molecule has 0 heterocycles. The van der Waals surface area contributed by atoms with Crippen LogP contribution in [0, 0.1) is 16.0 Å². The van der Waals surface area contributed by atoms with Crippen molar-refractivity contribution in [2.45, 2.75) is 33.4 Å². The van der Waals surface area contributed by atoms with E-state index in [9.17, 15) is 10.1 Å². The normalized spacial score (nSPS) is 12.5. The molecule has 0 spiro atoms. The predicted octanol–water partition coefficient (Wildman–Crippen LogP) is 2.94. The average Bonchev–Trinajstić information content (AvgIpc) is 2.50. The molecule has 1 atom stereocenters. The third kappa shape index (κ3) is 9.02. The Morgan fingerprint density at radius 3 is 2.42 bits per heavy atom. The Kier molecular flexibility index (Phi) is 11.3. The van der Waals surface area contributed by atoms with Crippen molar-refractivity contribution >= 4 is 35.6 Å².